The van der Waals surface area contributed by atoms with E-state index in [0.29, 0.717) is 17.9 Å². The summed E-state index contributed by atoms with van der Waals surface area (Å²) in [6.45, 7) is 3.30. The highest BCUT2D eigenvalue weighted by atomic mass is 16.1. The number of hydrogen-bond acceptors (Lipinski definition) is 6. The lowest BCUT2D eigenvalue weighted by Gasteiger charge is -2.07. The Bertz CT molecular complexity index is 742. The van der Waals surface area contributed by atoms with Gasteiger partial charge in [-0.15, -0.1) is 5.10 Å². The van der Waals surface area contributed by atoms with Crippen LogP contribution in [0.3, 0.4) is 0 Å². The van der Waals surface area contributed by atoms with Gasteiger partial charge < -0.3 is 9.88 Å². The minimum absolute atomic E-state index is 0.273. The van der Waals surface area contributed by atoms with Crippen molar-refractivity contribution in [2.75, 3.05) is 0 Å². The van der Waals surface area contributed by atoms with Gasteiger partial charge in [0.2, 0.25) is 0 Å². The number of imidazole rings is 1. The van der Waals surface area contributed by atoms with Crippen LogP contribution >= 0.6 is 0 Å². The van der Waals surface area contributed by atoms with Crippen LogP contribution in [0.1, 0.15) is 29.5 Å². The molecule has 0 atom stereocenters. The van der Waals surface area contributed by atoms with Crippen molar-refractivity contribution >= 4 is 5.91 Å². The summed E-state index contributed by atoms with van der Waals surface area (Å²) >= 11 is 0. The highest BCUT2D eigenvalue weighted by molar-refractivity contribution is 5.96. The fraction of sp³-hybridized carbons (Fsp3) is 0.333. The number of amides is 1. The summed E-state index contributed by atoms with van der Waals surface area (Å²) < 4.78 is 3.36. The minimum atomic E-state index is -0.273. The Hall–Kier alpha value is -3.04. The summed E-state index contributed by atoms with van der Waals surface area (Å²) in [5.74, 6) is 0.951. The van der Waals surface area contributed by atoms with E-state index in [2.05, 4.69) is 42.9 Å². The second kappa shape index (κ2) is 6.16. The van der Waals surface area contributed by atoms with E-state index >= 15 is 0 Å². The van der Waals surface area contributed by atoms with Gasteiger partial charge in [-0.05, 0) is 16.8 Å². The normalized spacial score (nSPS) is 10.8. The largest absolute Gasteiger partial charge is 0.345 e. The van der Waals surface area contributed by atoms with Gasteiger partial charge in [0.25, 0.3) is 5.91 Å². The van der Waals surface area contributed by atoms with Crippen molar-refractivity contribution in [3.8, 4) is 5.82 Å². The number of aromatic nitrogens is 8. The molecule has 10 heteroatoms. The van der Waals surface area contributed by atoms with Crippen LogP contribution in [0.4, 0.5) is 0 Å². The van der Waals surface area contributed by atoms with Crippen molar-refractivity contribution in [2.45, 2.75) is 26.4 Å². The molecule has 0 aliphatic heterocycles. The van der Waals surface area contributed by atoms with Crippen LogP contribution in [-0.2, 0) is 13.1 Å². The number of nitrogens with zero attached hydrogens (tertiary/aromatic N) is 7. The number of hydrogen-bond donors (Lipinski definition) is 2. The smallest absolute Gasteiger partial charge is 0.257 e. The van der Waals surface area contributed by atoms with E-state index in [-0.39, 0.29) is 5.91 Å². The van der Waals surface area contributed by atoms with Crippen LogP contribution in [0.25, 0.3) is 5.82 Å². The monoisotopic (exact) mass is 301 g/mol. The number of carbonyl (C=O) groups excluding carboxylic acids is 1. The molecule has 3 aromatic rings. The van der Waals surface area contributed by atoms with E-state index < -0.39 is 0 Å². The number of nitrogens with one attached hydrogen (secondary N) is 2. The maximum Gasteiger partial charge on any atom is 0.257 e. The third kappa shape index (κ3) is 2.71. The fourth-order valence-electron chi connectivity index (χ4n) is 2.09. The minimum Gasteiger partial charge on any atom is -0.345 e. The number of tetrazole rings is 1. The molecule has 0 aliphatic carbocycles. The third-order valence-corrected chi connectivity index (χ3v) is 3.12. The molecule has 0 saturated heterocycles. The highest BCUT2D eigenvalue weighted by Crippen LogP contribution is 2.09. The number of rotatable bonds is 6. The zero-order valence-corrected chi connectivity index (χ0v) is 12.0. The maximum atomic E-state index is 12.3. The predicted molar refractivity (Wildman–Crippen MR) is 75.0 cm³/mol. The molecule has 0 aromatic carbocycles. The molecule has 2 N–H and O–H groups in total. The van der Waals surface area contributed by atoms with Crippen molar-refractivity contribution in [1.82, 2.24) is 45.3 Å². The van der Waals surface area contributed by atoms with E-state index in [0.717, 1.165) is 18.8 Å². The van der Waals surface area contributed by atoms with E-state index in [9.17, 15) is 4.79 Å². The number of carbonyl (C=O) groups is 1. The average Bonchev–Trinajstić information content (AvgIpc) is 3.25. The molecule has 0 fully saturated rings. The van der Waals surface area contributed by atoms with Gasteiger partial charge in [0.05, 0.1) is 12.7 Å². The Morgan fingerprint density at radius 2 is 2.36 bits per heavy atom. The standard InChI is InChI=1S/C12H15N9O/c1-2-4-20-5-3-13-10(20)7-14-12(22)9-6-15-17-11(9)21-8-16-18-19-21/h3,5-6,8H,2,4,7H2,1H3,(H,14,22)(H,15,17). The highest BCUT2D eigenvalue weighted by Gasteiger charge is 2.16. The predicted octanol–water partition coefficient (Wildman–Crippen LogP) is -0.0781. The Balaban J connectivity index is 1.71. The van der Waals surface area contributed by atoms with Crippen molar-refractivity contribution in [3.63, 3.8) is 0 Å². The molecule has 3 heterocycles. The van der Waals surface area contributed by atoms with E-state index in [1.165, 1.54) is 17.2 Å². The van der Waals surface area contributed by atoms with Gasteiger partial charge in [0, 0.05) is 18.9 Å². The first-order chi connectivity index (χ1) is 10.8. The molecular weight excluding hydrogens is 286 g/mol. The van der Waals surface area contributed by atoms with Crippen LogP contribution < -0.4 is 5.32 Å². The van der Waals surface area contributed by atoms with E-state index in [4.69, 9.17) is 0 Å². The van der Waals surface area contributed by atoms with Crippen LogP contribution in [0.15, 0.2) is 24.9 Å². The number of aromatic amines is 1. The maximum absolute atomic E-state index is 12.3. The van der Waals surface area contributed by atoms with E-state index in [1.807, 2.05) is 10.8 Å². The second-order valence-electron chi connectivity index (χ2n) is 4.61. The lowest BCUT2D eigenvalue weighted by atomic mass is 10.3. The Kier molecular flexibility index (Phi) is 3.90. The lowest BCUT2D eigenvalue weighted by molar-refractivity contribution is 0.0949. The van der Waals surface area contributed by atoms with Crippen molar-refractivity contribution in [2.24, 2.45) is 0 Å². The molecule has 114 valence electrons. The average molecular weight is 301 g/mol. The van der Waals surface area contributed by atoms with Crippen LogP contribution in [0.2, 0.25) is 0 Å². The van der Waals surface area contributed by atoms with Crippen molar-refractivity contribution in [1.29, 1.82) is 0 Å². The molecule has 22 heavy (non-hydrogen) atoms. The summed E-state index contributed by atoms with van der Waals surface area (Å²) in [6.07, 6.45) is 7.45. The Labute approximate surface area is 125 Å². The van der Waals surface area contributed by atoms with Gasteiger partial charge in [0.1, 0.15) is 17.7 Å². The van der Waals surface area contributed by atoms with Gasteiger partial charge in [0.15, 0.2) is 5.82 Å². The summed E-state index contributed by atoms with van der Waals surface area (Å²) in [5, 5.41) is 20.2. The van der Waals surface area contributed by atoms with Crippen LogP contribution in [0.5, 0.6) is 0 Å². The number of aryl methyl sites for hydroxylation is 1. The van der Waals surface area contributed by atoms with Crippen LogP contribution in [0, 0.1) is 0 Å². The third-order valence-electron chi connectivity index (χ3n) is 3.12. The van der Waals surface area contributed by atoms with Gasteiger partial charge in [-0.25, -0.2) is 4.98 Å². The van der Waals surface area contributed by atoms with E-state index in [1.54, 1.807) is 6.20 Å². The first-order valence-corrected chi connectivity index (χ1v) is 6.84. The fourth-order valence-corrected chi connectivity index (χ4v) is 2.09. The Morgan fingerprint density at radius 3 is 3.14 bits per heavy atom. The molecule has 1 amide bonds. The van der Waals surface area contributed by atoms with Gasteiger partial charge in [-0.2, -0.15) is 9.78 Å². The van der Waals surface area contributed by atoms with Crippen LogP contribution in [-0.4, -0.2) is 45.9 Å². The van der Waals surface area contributed by atoms with Crippen molar-refractivity contribution < 1.29 is 4.79 Å². The van der Waals surface area contributed by atoms with Gasteiger partial charge in [-0.3, -0.25) is 9.89 Å². The summed E-state index contributed by atoms with van der Waals surface area (Å²) in [7, 11) is 0. The lowest BCUT2D eigenvalue weighted by Crippen LogP contribution is -2.25. The zero-order chi connectivity index (χ0) is 15.4. The molecule has 0 unspecified atom stereocenters. The first-order valence-electron chi connectivity index (χ1n) is 6.84. The topological polar surface area (TPSA) is 119 Å². The molecule has 0 radical (unpaired) electrons. The summed E-state index contributed by atoms with van der Waals surface area (Å²) in [6, 6.07) is 0. The van der Waals surface area contributed by atoms with Gasteiger partial charge in [-0.1, -0.05) is 6.92 Å². The van der Waals surface area contributed by atoms with Gasteiger partial charge >= 0.3 is 0 Å². The molecule has 0 aliphatic rings. The first kappa shape index (κ1) is 13.9. The summed E-state index contributed by atoms with van der Waals surface area (Å²) in [4.78, 5) is 16.5. The molecule has 3 rings (SSSR count). The Morgan fingerprint density at radius 1 is 1.45 bits per heavy atom. The van der Waals surface area contributed by atoms with Crippen molar-refractivity contribution in [3.05, 3.63) is 36.3 Å². The zero-order valence-electron chi connectivity index (χ0n) is 12.0. The molecule has 0 bridgehead atoms. The molecular formula is C12H15N9O. The molecule has 0 saturated carbocycles. The molecule has 0 spiro atoms. The molecule has 10 nitrogen and oxygen atoms in total. The second-order valence-corrected chi connectivity index (χ2v) is 4.61. The molecule has 3 aromatic heterocycles. The number of H-pyrrole nitrogens is 1. The SMILES string of the molecule is CCCn1ccnc1CNC(=O)c1cn[nH]c1-n1cnnn1. The summed E-state index contributed by atoms with van der Waals surface area (Å²) in [5.41, 5.74) is 0.362. The quantitative estimate of drug-likeness (QED) is 0.657.